The van der Waals surface area contributed by atoms with Gasteiger partial charge in [0.25, 0.3) is 11.8 Å². The molecular formula is C5H5BrN6O. The quantitative estimate of drug-likeness (QED) is 0.771. The van der Waals surface area contributed by atoms with Crippen molar-refractivity contribution in [3.63, 3.8) is 0 Å². The number of nitrogens with zero attached hydrogens (tertiary/aromatic N) is 5. The van der Waals surface area contributed by atoms with Crippen molar-refractivity contribution in [2.45, 2.75) is 0 Å². The molecule has 0 amide bonds. The number of rotatable bonds is 1. The average Bonchev–Trinajstić information content (AvgIpc) is 2.60. The zero-order chi connectivity index (χ0) is 9.42. The number of hydrogen-bond acceptors (Lipinski definition) is 6. The molecule has 68 valence electrons. The van der Waals surface area contributed by atoms with Crippen LogP contribution in [-0.4, -0.2) is 25.1 Å². The molecule has 2 aromatic heterocycles. The SMILES string of the molecule is Cn1nnc(Br)c1-c1nc(N)no1. The predicted molar refractivity (Wildman–Crippen MR) is 46.4 cm³/mol. The Balaban J connectivity index is 2.57. The zero-order valence-corrected chi connectivity index (χ0v) is 8.19. The molecule has 0 fully saturated rings. The van der Waals surface area contributed by atoms with Gasteiger partial charge in [-0.3, -0.25) is 0 Å². The largest absolute Gasteiger partial charge is 0.365 e. The Kier molecular flexibility index (Phi) is 1.76. The molecule has 13 heavy (non-hydrogen) atoms. The number of aromatic nitrogens is 5. The minimum atomic E-state index is 0.0862. The van der Waals surface area contributed by atoms with Crippen LogP contribution in [0.25, 0.3) is 11.6 Å². The third kappa shape index (κ3) is 1.28. The van der Waals surface area contributed by atoms with E-state index in [0.717, 1.165) is 0 Å². The Labute approximate surface area is 81.0 Å². The minimum absolute atomic E-state index is 0.0862. The van der Waals surface area contributed by atoms with Gasteiger partial charge in [-0.25, -0.2) is 4.68 Å². The van der Waals surface area contributed by atoms with Gasteiger partial charge in [0.05, 0.1) is 0 Å². The first-order chi connectivity index (χ1) is 6.18. The van der Waals surface area contributed by atoms with Gasteiger partial charge >= 0.3 is 0 Å². The van der Waals surface area contributed by atoms with Crippen molar-refractivity contribution in [1.29, 1.82) is 0 Å². The van der Waals surface area contributed by atoms with Gasteiger partial charge in [0, 0.05) is 7.05 Å². The van der Waals surface area contributed by atoms with Crippen LogP contribution in [0.5, 0.6) is 0 Å². The van der Waals surface area contributed by atoms with Gasteiger partial charge in [0.2, 0.25) is 0 Å². The highest BCUT2D eigenvalue weighted by Crippen LogP contribution is 2.23. The van der Waals surface area contributed by atoms with E-state index >= 15 is 0 Å². The van der Waals surface area contributed by atoms with Crippen molar-refractivity contribution in [2.75, 3.05) is 5.73 Å². The van der Waals surface area contributed by atoms with Crippen LogP contribution < -0.4 is 5.73 Å². The second kappa shape index (κ2) is 2.80. The number of aryl methyl sites for hydroxylation is 1. The summed E-state index contributed by atoms with van der Waals surface area (Å²) in [6.45, 7) is 0. The van der Waals surface area contributed by atoms with E-state index in [9.17, 15) is 0 Å². The fourth-order valence-corrected chi connectivity index (χ4v) is 1.39. The highest BCUT2D eigenvalue weighted by atomic mass is 79.9. The van der Waals surface area contributed by atoms with Crippen LogP contribution in [-0.2, 0) is 7.05 Å². The molecule has 0 atom stereocenters. The monoisotopic (exact) mass is 244 g/mol. The standard InChI is InChI=1S/C5H5BrN6O/c1-12-2(3(6)9-11-12)4-8-5(7)10-13-4/h1H3,(H2,7,10). The van der Waals surface area contributed by atoms with Crippen LogP contribution in [0.3, 0.4) is 0 Å². The Morgan fingerprint density at radius 3 is 2.77 bits per heavy atom. The summed E-state index contributed by atoms with van der Waals surface area (Å²) in [5.41, 5.74) is 5.90. The molecule has 0 radical (unpaired) electrons. The molecule has 0 spiro atoms. The van der Waals surface area contributed by atoms with E-state index in [2.05, 4.69) is 36.4 Å². The first-order valence-corrected chi connectivity index (χ1v) is 4.12. The van der Waals surface area contributed by atoms with Crippen molar-refractivity contribution in [2.24, 2.45) is 7.05 Å². The lowest BCUT2D eigenvalue weighted by Crippen LogP contribution is -1.94. The maximum atomic E-state index is 5.30. The molecule has 0 saturated heterocycles. The Morgan fingerprint density at radius 1 is 1.54 bits per heavy atom. The summed E-state index contributed by atoms with van der Waals surface area (Å²) >= 11 is 3.20. The summed E-state index contributed by atoms with van der Waals surface area (Å²) < 4.78 is 6.90. The van der Waals surface area contributed by atoms with Crippen molar-refractivity contribution < 1.29 is 4.52 Å². The van der Waals surface area contributed by atoms with Crippen LogP contribution in [0.2, 0.25) is 0 Å². The third-order valence-electron chi connectivity index (χ3n) is 1.43. The lowest BCUT2D eigenvalue weighted by Gasteiger charge is -1.91. The zero-order valence-electron chi connectivity index (χ0n) is 6.60. The summed E-state index contributed by atoms with van der Waals surface area (Å²) in [6, 6.07) is 0. The fourth-order valence-electron chi connectivity index (χ4n) is 0.890. The lowest BCUT2D eigenvalue weighted by atomic mass is 10.5. The van der Waals surface area contributed by atoms with Gasteiger partial charge in [0.1, 0.15) is 0 Å². The van der Waals surface area contributed by atoms with Crippen LogP contribution >= 0.6 is 15.9 Å². The van der Waals surface area contributed by atoms with Crippen LogP contribution in [0, 0.1) is 0 Å². The maximum absolute atomic E-state index is 5.30. The molecule has 2 aromatic rings. The number of anilines is 1. The number of hydrogen-bond donors (Lipinski definition) is 1. The third-order valence-corrected chi connectivity index (χ3v) is 1.96. The average molecular weight is 245 g/mol. The fraction of sp³-hybridized carbons (Fsp3) is 0.200. The van der Waals surface area contributed by atoms with E-state index < -0.39 is 0 Å². The van der Waals surface area contributed by atoms with E-state index in [1.54, 1.807) is 7.05 Å². The molecule has 8 heteroatoms. The Morgan fingerprint density at radius 2 is 2.31 bits per heavy atom. The van der Waals surface area contributed by atoms with Gasteiger partial charge in [-0.15, -0.1) is 5.10 Å². The maximum Gasteiger partial charge on any atom is 0.280 e. The molecule has 7 nitrogen and oxygen atoms in total. The first kappa shape index (κ1) is 8.17. The van der Waals surface area contributed by atoms with E-state index in [1.807, 2.05) is 0 Å². The Bertz CT molecular complexity index is 414. The molecule has 2 rings (SSSR count). The predicted octanol–water partition coefficient (Wildman–Crippen LogP) is 0.210. The normalized spacial score (nSPS) is 10.6. The van der Waals surface area contributed by atoms with Crippen LogP contribution in [0.15, 0.2) is 9.13 Å². The van der Waals surface area contributed by atoms with E-state index in [1.165, 1.54) is 4.68 Å². The summed E-state index contributed by atoms with van der Waals surface area (Å²) in [4.78, 5) is 3.84. The van der Waals surface area contributed by atoms with E-state index in [4.69, 9.17) is 10.3 Å². The van der Waals surface area contributed by atoms with Crippen LogP contribution in [0.4, 0.5) is 5.95 Å². The summed E-state index contributed by atoms with van der Waals surface area (Å²) in [5, 5.41) is 11.0. The van der Waals surface area contributed by atoms with Gasteiger partial charge in [0.15, 0.2) is 10.3 Å². The van der Waals surface area contributed by atoms with Crippen LogP contribution in [0.1, 0.15) is 0 Å². The van der Waals surface area contributed by atoms with Gasteiger partial charge in [-0.1, -0.05) is 5.21 Å². The van der Waals surface area contributed by atoms with Crippen molar-refractivity contribution >= 4 is 21.9 Å². The molecule has 0 saturated carbocycles. The summed E-state index contributed by atoms with van der Waals surface area (Å²) in [6.07, 6.45) is 0. The summed E-state index contributed by atoms with van der Waals surface area (Å²) in [7, 11) is 1.72. The van der Waals surface area contributed by atoms with Gasteiger partial charge in [-0.2, -0.15) is 4.98 Å². The lowest BCUT2D eigenvalue weighted by molar-refractivity contribution is 0.429. The second-order valence-electron chi connectivity index (χ2n) is 2.31. The van der Waals surface area contributed by atoms with Crippen molar-refractivity contribution in [3.05, 3.63) is 4.60 Å². The molecule has 0 unspecified atom stereocenters. The smallest absolute Gasteiger partial charge is 0.280 e. The number of nitrogens with two attached hydrogens (primary N) is 1. The number of halogens is 1. The molecule has 0 aliphatic rings. The highest BCUT2D eigenvalue weighted by Gasteiger charge is 2.16. The number of nitrogen functional groups attached to an aromatic ring is 1. The first-order valence-electron chi connectivity index (χ1n) is 3.33. The second-order valence-corrected chi connectivity index (χ2v) is 3.06. The summed E-state index contributed by atoms with van der Waals surface area (Å²) in [5.74, 6) is 0.375. The molecular weight excluding hydrogens is 240 g/mol. The van der Waals surface area contributed by atoms with Gasteiger partial charge in [-0.05, 0) is 21.1 Å². The molecule has 0 aliphatic heterocycles. The van der Waals surface area contributed by atoms with Crippen molar-refractivity contribution in [3.8, 4) is 11.6 Å². The molecule has 0 aliphatic carbocycles. The van der Waals surface area contributed by atoms with E-state index in [-0.39, 0.29) is 11.8 Å². The minimum Gasteiger partial charge on any atom is -0.365 e. The van der Waals surface area contributed by atoms with Gasteiger partial charge < -0.3 is 10.3 Å². The highest BCUT2D eigenvalue weighted by molar-refractivity contribution is 9.10. The molecule has 2 heterocycles. The Hall–Kier alpha value is -1.44. The molecule has 2 N–H and O–H groups in total. The molecule has 0 aromatic carbocycles. The topological polar surface area (TPSA) is 95.7 Å². The van der Waals surface area contributed by atoms with Crippen molar-refractivity contribution in [1.82, 2.24) is 25.1 Å². The van der Waals surface area contributed by atoms with E-state index in [0.29, 0.717) is 10.3 Å². The molecule has 0 bridgehead atoms.